The molecule has 3 heterocycles. The number of hydrogen-bond donors (Lipinski definition) is 1. The van der Waals surface area contributed by atoms with E-state index in [1.54, 1.807) is 19.1 Å². The van der Waals surface area contributed by atoms with Gasteiger partial charge in [0.05, 0.1) is 18.1 Å². The summed E-state index contributed by atoms with van der Waals surface area (Å²) in [6, 6.07) is 1.26. The van der Waals surface area contributed by atoms with Crippen molar-refractivity contribution < 1.29 is 32.2 Å². The summed E-state index contributed by atoms with van der Waals surface area (Å²) in [6.45, 7) is 3.34. The van der Waals surface area contributed by atoms with E-state index in [4.69, 9.17) is 14.2 Å². The van der Waals surface area contributed by atoms with Crippen molar-refractivity contribution in [3.05, 3.63) is 18.0 Å². The Morgan fingerprint density at radius 1 is 1.25 bits per heavy atom. The molecule has 4 atom stereocenters. The number of ether oxygens (including phenoxy) is 3. The lowest BCUT2D eigenvalue weighted by molar-refractivity contribution is -0.143. The van der Waals surface area contributed by atoms with Crippen molar-refractivity contribution in [1.82, 2.24) is 20.2 Å². The van der Waals surface area contributed by atoms with Crippen LogP contribution in [-0.2, 0) is 25.2 Å². The fourth-order valence-electron chi connectivity index (χ4n) is 5.64. The molecule has 0 radical (unpaired) electrons. The van der Waals surface area contributed by atoms with Crippen LogP contribution in [0.1, 0.15) is 37.8 Å². The molecule has 2 aliphatic heterocycles. The molecule has 36 heavy (non-hydrogen) atoms. The van der Waals surface area contributed by atoms with Crippen molar-refractivity contribution in [1.29, 1.82) is 0 Å². The minimum atomic E-state index is -4.52. The molecular formula is C24H36F3N5O4. The Labute approximate surface area is 209 Å². The molecule has 2 saturated heterocycles. The second-order valence-corrected chi connectivity index (χ2v) is 9.89. The van der Waals surface area contributed by atoms with Crippen LogP contribution in [0, 0.1) is 5.41 Å². The molecule has 0 spiro atoms. The zero-order valence-electron chi connectivity index (χ0n) is 20.9. The molecule has 1 saturated carbocycles. The molecule has 0 aromatic carbocycles. The molecule has 12 heteroatoms. The highest BCUT2D eigenvalue weighted by molar-refractivity contribution is 5.83. The topological polar surface area (TPSA) is 89.1 Å². The number of aromatic nitrogens is 2. The highest BCUT2D eigenvalue weighted by Crippen LogP contribution is 2.43. The van der Waals surface area contributed by atoms with E-state index < -0.39 is 17.3 Å². The zero-order valence-corrected chi connectivity index (χ0v) is 20.9. The maximum Gasteiger partial charge on any atom is 0.433 e. The van der Waals surface area contributed by atoms with Gasteiger partial charge >= 0.3 is 6.18 Å². The molecule has 2 unspecified atom stereocenters. The van der Waals surface area contributed by atoms with Crippen LogP contribution >= 0.6 is 0 Å². The number of carbonyl (C=O) groups excluding carboxylic acids is 1. The lowest BCUT2D eigenvalue weighted by Gasteiger charge is -2.40. The van der Waals surface area contributed by atoms with E-state index in [9.17, 15) is 18.0 Å². The first-order chi connectivity index (χ1) is 17.3. The van der Waals surface area contributed by atoms with Gasteiger partial charge in [0.15, 0.2) is 0 Å². The summed E-state index contributed by atoms with van der Waals surface area (Å²) in [5, 5.41) is 3.72. The Morgan fingerprint density at radius 2 is 2.03 bits per heavy atom. The number of anilines is 1. The first-order valence-electron chi connectivity index (χ1n) is 12.6. The van der Waals surface area contributed by atoms with E-state index in [2.05, 4.69) is 15.3 Å². The van der Waals surface area contributed by atoms with E-state index in [0.29, 0.717) is 52.4 Å². The molecule has 1 aliphatic carbocycles. The summed E-state index contributed by atoms with van der Waals surface area (Å²) in [5.74, 6) is 0.143. The van der Waals surface area contributed by atoms with Gasteiger partial charge in [-0.05, 0) is 38.2 Å². The second kappa shape index (κ2) is 11.6. The lowest BCUT2D eigenvalue weighted by atomic mass is 9.80. The van der Waals surface area contributed by atoms with Crippen LogP contribution in [0.3, 0.4) is 0 Å². The summed E-state index contributed by atoms with van der Waals surface area (Å²) in [7, 11) is 3.33. The van der Waals surface area contributed by atoms with E-state index in [0.717, 1.165) is 37.9 Å². The number of methoxy groups -OCH3 is 2. The minimum absolute atomic E-state index is 0.00503. The van der Waals surface area contributed by atoms with Crippen molar-refractivity contribution in [2.45, 2.75) is 56.5 Å². The molecule has 1 amide bonds. The number of halogens is 3. The molecule has 1 aromatic heterocycles. The van der Waals surface area contributed by atoms with Gasteiger partial charge in [0.25, 0.3) is 0 Å². The fourth-order valence-corrected chi connectivity index (χ4v) is 5.64. The monoisotopic (exact) mass is 515 g/mol. The number of piperazine rings is 1. The predicted molar refractivity (Wildman–Crippen MR) is 126 cm³/mol. The van der Waals surface area contributed by atoms with Crippen LogP contribution < -0.4 is 10.2 Å². The fraction of sp³-hybridized carbons (Fsp3) is 0.792. The highest BCUT2D eigenvalue weighted by atomic mass is 19.4. The van der Waals surface area contributed by atoms with E-state index in [1.807, 2.05) is 4.90 Å². The summed E-state index contributed by atoms with van der Waals surface area (Å²) in [4.78, 5) is 25.1. The Morgan fingerprint density at radius 3 is 2.72 bits per heavy atom. The van der Waals surface area contributed by atoms with Gasteiger partial charge in [-0.3, -0.25) is 4.79 Å². The van der Waals surface area contributed by atoms with Crippen molar-refractivity contribution >= 4 is 11.9 Å². The van der Waals surface area contributed by atoms with Gasteiger partial charge < -0.3 is 29.3 Å². The summed E-state index contributed by atoms with van der Waals surface area (Å²) in [5.41, 5.74) is -1.48. The van der Waals surface area contributed by atoms with Gasteiger partial charge in [-0.2, -0.15) is 13.2 Å². The average molecular weight is 516 g/mol. The van der Waals surface area contributed by atoms with Crippen molar-refractivity contribution in [3.63, 3.8) is 0 Å². The van der Waals surface area contributed by atoms with Gasteiger partial charge in [-0.15, -0.1) is 0 Å². The Kier molecular flexibility index (Phi) is 8.69. The molecule has 3 aliphatic rings. The van der Waals surface area contributed by atoms with Gasteiger partial charge in [-0.1, -0.05) is 0 Å². The van der Waals surface area contributed by atoms with Gasteiger partial charge in [0.2, 0.25) is 11.9 Å². The van der Waals surface area contributed by atoms with E-state index >= 15 is 0 Å². The molecule has 1 N–H and O–H groups in total. The van der Waals surface area contributed by atoms with Crippen LogP contribution in [0.5, 0.6) is 0 Å². The van der Waals surface area contributed by atoms with Crippen molar-refractivity contribution in [2.75, 3.05) is 65.1 Å². The number of amides is 1. The lowest BCUT2D eigenvalue weighted by Crippen LogP contribution is -2.54. The van der Waals surface area contributed by atoms with E-state index in [-0.39, 0.29) is 30.0 Å². The van der Waals surface area contributed by atoms with Crippen LogP contribution in [0.2, 0.25) is 0 Å². The number of carbonyl (C=O) groups is 1. The highest BCUT2D eigenvalue weighted by Gasteiger charge is 2.48. The number of nitrogens with zero attached hydrogens (tertiary/aromatic N) is 4. The first-order valence-corrected chi connectivity index (χ1v) is 12.6. The molecule has 9 nitrogen and oxygen atoms in total. The maximum absolute atomic E-state index is 13.8. The molecule has 1 aromatic rings. The molecule has 3 fully saturated rings. The predicted octanol–water partition coefficient (Wildman–Crippen LogP) is 2.11. The van der Waals surface area contributed by atoms with Crippen LogP contribution in [-0.4, -0.2) is 99.2 Å². The van der Waals surface area contributed by atoms with Gasteiger partial charge in [-0.25, -0.2) is 9.97 Å². The zero-order chi connectivity index (χ0) is 25.8. The van der Waals surface area contributed by atoms with E-state index in [1.165, 1.54) is 0 Å². The minimum Gasteiger partial charge on any atom is -0.385 e. The van der Waals surface area contributed by atoms with Gasteiger partial charge in [0, 0.05) is 71.9 Å². The number of nitrogens with one attached hydrogen (secondary N) is 1. The third-order valence-electron chi connectivity index (χ3n) is 7.69. The quantitative estimate of drug-likeness (QED) is 0.563. The van der Waals surface area contributed by atoms with Crippen molar-refractivity contribution in [2.24, 2.45) is 5.41 Å². The number of hydrogen-bond acceptors (Lipinski definition) is 8. The second-order valence-electron chi connectivity index (χ2n) is 9.89. The maximum atomic E-state index is 13.8. The summed E-state index contributed by atoms with van der Waals surface area (Å²) < 4.78 is 55.6. The summed E-state index contributed by atoms with van der Waals surface area (Å²) in [6.07, 6.45) is 0.484. The normalized spacial score (nSPS) is 29.5. The largest absolute Gasteiger partial charge is 0.433 e. The molecule has 4 rings (SSSR count). The smallest absolute Gasteiger partial charge is 0.385 e. The number of alkyl halides is 3. The Bertz CT molecular complexity index is 884. The summed E-state index contributed by atoms with van der Waals surface area (Å²) >= 11 is 0. The van der Waals surface area contributed by atoms with Crippen LogP contribution in [0.25, 0.3) is 0 Å². The Hall–Kier alpha value is -2.02. The van der Waals surface area contributed by atoms with Gasteiger partial charge in [0.1, 0.15) is 5.69 Å². The van der Waals surface area contributed by atoms with Crippen LogP contribution in [0.4, 0.5) is 19.1 Å². The molecule has 0 bridgehead atoms. The third kappa shape index (κ3) is 6.09. The third-order valence-corrected chi connectivity index (χ3v) is 7.69. The molecular weight excluding hydrogens is 479 g/mol. The van der Waals surface area contributed by atoms with Crippen LogP contribution in [0.15, 0.2) is 12.3 Å². The first kappa shape index (κ1) is 27.0. The average Bonchev–Trinajstić information content (AvgIpc) is 3.31. The van der Waals surface area contributed by atoms with Crippen molar-refractivity contribution in [3.8, 4) is 0 Å². The SMILES string of the molecule is COCC[C@]1(C(=O)N2CCN(c3nccc(C(F)(F)F)n3)CC2)CC[C@@H](NC2CCOCC2OC)C1. The molecule has 202 valence electrons. The Balaban J connectivity index is 1.38. The number of rotatable bonds is 8. The standard InChI is InChI=1S/C24H36F3N5O4/c1-34-14-7-23(6-3-17(15-23)29-18-5-13-36-16-19(18)35-2)21(33)31-9-11-32(12-10-31)22-28-8-4-20(30-22)24(25,26)27/h4,8,17-19,29H,3,5-7,9-16H2,1-2H3/t17-,18?,19?,23-/m1/s1.